The van der Waals surface area contributed by atoms with Gasteiger partial charge in [0.25, 0.3) is 11.6 Å². The summed E-state index contributed by atoms with van der Waals surface area (Å²) in [5.41, 5.74) is 3.45. The molecule has 1 N–H and O–H groups in total. The van der Waals surface area contributed by atoms with Gasteiger partial charge in [-0.2, -0.15) is 5.10 Å². The van der Waals surface area contributed by atoms with E-state index in [4.69, 9.17) is 4.74 Å². The van der Waals surface area contributed by atoms with E-state index in [9.17, 15) is 19.7 Å². The topological polar surface area (TPSA) is 116 Å². The fourth-order valence-electron chi connectivity index (χ4n) is 3.53. The number of hydrogen-bond acceptors (Lipinski definition) is 7. The number of hydrogen-bond donors (Lipinski definition) is 1. The van der Waals surface area contributed by atoms with E-state index >= 15 is 0 Å². The first-order valence-corrected chi connectivity index (χ1v) is 11.3. The highest BCUT2D eigenvalue weighted by Gasteiger charge is 2.21. The van der Waals surface area contributed by atoms with Crippen molar-refractivity contribution in [1.82, 2.24) is 9.78 Å². The lowest BCUT2D eigenvalue weighted by Crippen LogP contribution is -2.21. The smallest absolute Gasteiger partial charge is 0.348 e. The van der Waals surface area contributed by atoms with E-state index in [2.05, 4.69) is 10.4 Å². The molecule has 0 saturated carbocycles. The molecule has 9 nitrogen and oxygen atoms in total. The van der Waals surface area contributed by atoms with Crippen LogP contribution < -0.4 is 5.32 Å². The zero-order valence-electron chi connectivity index (χ0n) is 18.8. The second kappa shape index (κ2) is 9.44. The molecule has 4 aromatic rings. The zero-order valence-corrected chi connectivity index (χ0v) is 19.6. The molecule has 2 aromatic carbocycles. The van der Waals surface area contributed by atoms with Gasteiger partial charge < -0.3 is 10.1 Å². The highest BCUT2D eigenvalue weighted by atomic mass is 32.1. The minimum absolute atomic E-state index is 0.0854. The predicted octanol–water partition coefficient (Wildman–Crippen LogP) is 4.78. The standard InChI is InChI=1S/C24H22N4O5S/c1-14-7-9-17(10-8-14)12-27-23-18(16(3)26-27)11-20(34-23)24(30)33-13-21(29)25-22-15(2)5-4-6-19(22)28(31)32/h4-11H,12-13H2,1-3H3,(H,25,29). The lowest BCUT2D eigenvalue weighted by Gasteiger charge is -2.09. The Morgan fingerprint density at radius 2 is 1.88 bits per heavy atom. The largest absolute Gasteiger partial charge is 0.451 e. The maximum absolute atomic E-state index is 12.6. The molecule has 0 bridgehead atoms. The van der Waals surface area contributed by atoms with E-state index in [0.29, 0.717) is 17.0 Å². The average molecular weight is 479 g/mol. The summed E-state index contributed by atoms with van der Waals surface area (Å²) in [6.07, 6.45) is 0. The molecule has 0 fully saturated rings. The Balaban J connectivity index is 1.45. The number of thiophene rings is 1. The minimum Gasteiger partial charge on any atom is -0.451 e. The Hall–Kier alpha value is -4.05. The summed E-state index contributed by atoms with van der Waals surface area (Å²) in [5.74, 6) is -1.30. The molecule has 2 aromatic heterocycles. The quantitative estimate of drug-likeness (QED) is 0.232. The number of ether oxygens (including phenoxy) is 1. The number of carbonyl (C=O) groups excluding carboxylic acids is 2. The Bertz CT molecular complexity index is 1410. The number of nitrogens with one attached hydrogen (secondary N) is 1. The third-order valence-corrected chi connectivity index (χ3v) is 6.44. The summed E-state index contributed by atoms with van der Waals surface area (Å²) in [4.78, 5) is 36.7. The average Bonchev–Trinajstić information content (AvgIpc) is 3.36. The van der Waals surface area contributed by atoms with Crippen molar-refractivity contribution in [2.45, 2.75) is 27.3 Å². The van der Waals surface area contributed by atoms with Gasteiger partial charge in [0.2, 0.25) is 0 Å². The third kappa shape index (κ3) is 4.81. The van der Waals surface area contributed by atoms with Crippen molar-refractivity contribution in [2.24, 2.45) is 0 Å². The summed E-state index contributed by atoms with van der Waals surface area (Å²) >= 11 is 1.24. The molecule has 0 aliphatic carbocycles. The van der Waals surface area contributed by atoms with Crippen LogP contribution in [0.5, 0.6) is 0 Å². The molecule has 0 atom stereocenters. The second-order valence-corrected chi connectivity index (χ2v) is 8.94. The number of nitro groups is 1. The molecule has 0 saturated heterocycles. The van der Waals surface area contributed by atoms with Gasteiger partial charge in [-0.05, 0) is 38.0 Å². The molecule has 34 heavy (non-hydrogen) atoms. The minimum atomic E-state index is -0.659. The van der Waals surface area contributed by atoms with E-state index in [0.717, 1.165) is 21.5 Å². The molecule has 0 aliphatic heterocycles. The predicted molar refractivity (Wildman–Crippen MR) is 129 cm³/mol. The first kappa shape index (κ1) is 23.1. The number of benzene rings is 2. The number of aryl methyl sites for hydroxylation is 3. The maximum Gasteiger partial charge on any atom is 0.348 e. The van der Waals surface area contributed by atoms with Crippen molar-refractivity contribution in [3.05, 3.63) is 85.9 Å². The number of fused-ring (bicyclic) bond motifs is 1. The molecular weight excluding hydrogens is 456 g/mol. The first-order chi connectivity index (χ1) is 16.2. The Kier molecular flexibility index (Phi) is 6.42. The van der Waals surface area contributed by atoms with Gasteiger partial charge in [0.05, 0.1) is 17.2 Å². The molecule has 0 radical (unpaired) electrons. The number of nitrogens with zero attached hydrogens (tertiary/aromatic N) is 3. The molecular formula is C24H22N4O5S. The fourth-order valence-corrected chi connectivity index (χ4v) is 4.59. The monoisotopic (exact) mass is 478 g/mol. The van der Waals surface area contributed by atoms with Gasteiger partial charge >= 0.3 is 5.97 Å². The lowest BCUT2D eigenvalue weighted by atomic mass is 10.1. The van der Waals surface area contributed by atoms with Crippen LogP contribution in [0.4, 0.5) is 11.4 Å². The van der Waals surface area contributed by atoms with Gasteiger partial charge in [-0.15, -0.1) is 11.3 Å². The maximum atomic E-state index is 12.6. The molecule has 0 aliphatic rings. The summed E-state index contributed by atoms with van der Waals surface area (Å²) in [6, 6.07) is 14.3. The van der Waals surface area contributed by atoms with Crippen LogP contribution in [0.2, 0.25) is 0 Å². The van der Waals surface area contributed by atoms with Gasteiger partial charge in [0.15, 0.2) is 6.61 Å². The fraction of sp³-hybridized carbons (Fsp3) is 0.208. The van der Waals surface area contributed by atoms with E-state index in [1.54, 1.807) is 19.1 Å². The van der Waals surface area contributed by atoms with Crippen molar-refractivity contribution in [3.8, 4) is 0 Å². The van der Waals surface area contributed by atoms with Crippen LogP contribution in [0.3, 0.4) is 0 Å². The molecule has 1 amide bonds. The Morgan fingerprint density at radius 1 is 1.15 bits per heavy atom. The van der Waals surface area contributed by atoms with Gasteiger partial charge in [-0.1, -0.05) is 42.0 Å². The Morgan fingerprint density at radius 3 is 2.59 bits per heavy atom. The van der Waals surface area contributed by atoms with Crippen LogP contribution in [-0.4, -0.2) is 33.2 Å². The van der Waals surface area contributed by atoms with Crippen LogP contribution in [0.1, 0.15) is 32.1 Å². The highest BCUT2D eigenvalue weighted by molar-refractivity contribution is 7.20. The summed E-state index contributed by atoms with van der Waals surface area (Å²) in [7, 11) is 0. The van der Waals surface area contributed by atoms with Gasteiger partial charge in [0, 0.05) is 11.5 Å². The van der Waals surface area contributed by atoms with Gasteiger partial charge in [0.1, 0.15) is 15.4 Å². The number of para-hydroxylation sites is 1. The van der Waals surface area contributed by atoms with Crippen LogP contribution in [-0.2, 0) is 16.1 Å². The summed E-state index contributed by atoms with van der Waals surface area (Å²) < 4.78 is 7.02. The number of anilines is 1. The van der Waals surface area contributed by atoms with E-state index in [-0.39, 0.29) is 11.4 Å². The van der Waals surface area contributed by atoms with Gasteiger partial charge in [-0.3, -0.25) is 19.6 Å². The van der Waals surface area contributed by atoms with Crippen molar-refractivity contribution < 1.29 is 19.2 Å². The van der Waals surface area contributed by atoms with Crippen molar-refractivity contribution >= 4 is 44.8 Å². The zero-order chi connectivity index (χ0) is 24.4. The second-order valence-electron chi connectivity index (χ2n) is 7.91. The SMILES string of the molecule is Cc1ccc(Cn2nc(C)c3cc(C(=O)OCC(=O)Nc4c(C)cccc4[N+](=O)[O-])sc32)cc1. The van der Waals surface area contributed by atoms with E-state index in [1.807, 2.05) is 42.8 Å². The number of carbonyl (C=O) groups is 2. The van der Waals surface area contributed by atoms with E-state index in [1.165, 1.54) is 29.0 Å². The normalized spacial score (nSPS) is 10.9. The van der Waals surface area contributed by atoms with Crippen molar-refractivity contribution in [3.63, 3.8) is 0 Å². The third-order valence-electron chi connectivity index (χ3n) is 5.31. The van der Waals surface area contributed by atoms with Crippen LogP contribution >= 0.6 is 11.3 Å². The number of esters is 1. The van der Waals surface area contributed by atoms with E-state index < -0.39 is 23.4 Å². The van der Waals surface area contributed by atoms with Crippen LogP contribution in [0, 0.1) is 30.9 Å². The molecule has 0 unspecified atom stereocenters. The van der Waals surface area contributed by atoms with Crippen LogP contribution in [0.15, 0.2) is 48.5 Å². The highest BCUT2D eigenvalue weighted by Crippen LogP contribution is 2.30. The summed E-state index contributed by atoms with van der Waals surface area (Å²) in [6.45, 7) is 5.55. The molecule has 4 rings (SSSR count). The first-order valence-electron chi connectivity index (χ1n) is 10.5. The molecule has 10 heteroatoms. The Labute approximate surface area is 199 Å². The van der Waals surface area contributed by atoms with Crippen molar-refractivity contribution in [2.75, 3.05) is 11.9 Å². The number of aromatic nitrogens is 2. The lowest BCUT2D eigenvalue weighted by molar-refractivity contribution is -0.384. The number of amides is 1. The van der Waals surface area contributed by atoms with Gasteiger partial charge in [-0.25, -0.2) is 4.79 Å². The number of rotatable bonds is 7. The van der Waals surface area contributed by atoms with Crippen molar-refractivity contribution in [1.29, 1.82) is 0 Å². The summed E-state index contributed by atoms with van der Waals surface area (Å²) in [5, 5.41) is 19.1. The molecule has 0 spiro atoms. The van der Waals surface area contributed by atoms with Crippen LogP contribution in [0.25, 0.3) is 10.2 Å². The number of nitro benzene ring substituents is 1. The molecule has 174 valence electrons. The molecule has 2 heterocycles.